The van der Waals surface area contributed by atoms with Crippen LogP contribution in [0.3, 0.4) is 0 Å². The van der Waals surface area contributed by atoms with E-state index in [1.807, 2.05) is 50.3 Å². The van der Waals surface area contributed by atoms with Crippen LogP contribution in [0.15, 0.2) is 119 Å². The first-order valence-corrected chi connectivity index (χ1v) is 15.3. The molecule has 0 aromatic rings. The summed E-state index contributed by atoms with van der Waals surface area (Å²) in [5.74, 6) is 0.289. The predicted octanol–water partition coefficient (Wildman–Crippen LogP) is 9.42. The lowest BCUT2D eigenvalue weighted by atomic mass is 9.71. The highest BCUT2D eigenvalue weighted by atomic mass is 16.3. The average molecular weight is 571 g/mol. The second-order valence-electron chi connectivity index (χ2n) is 13.3. The zero-order valence-electron chi connectivity index (χ0n) is 27.4. The van der Waals surface area contributed by atoms with Gasteiger partial charge in [-0.15, -0.1) is 0 Å². The van der Waals surface area contributed by atoms with Crippen molar-refractivity contribution in [2.24, 2.45) is 16.7 Å². The van der Waals surface area contributed by atoms with Crippen LogP contribution in [0.4, 0.5) is 0 Å². The van der Waals surface area contributed by atoms with Crippen molar-refractivity contribution in [3.8, 4) is 0 Å². The Morgan fingerprint density at radius 1 is 0.714 bits per heavy atom. The van der Waals surface area contributed by atoms with E-state index in [9.17, 15) is 15.0 Å². The summed E-state index contributed by atoms with van der Waals surface area (Å²) in [7, 11) is 0. The van der Waals surface area contributed by atoms with Crippen molar-refractivity contribution in [1.29, 1.82) is 0 Å². The van der Waals surface area contributed by atoms with Gasteiger partial charge in [0, 0.05) is 5.41 Å². The minimum absolute atomic E-state index is 0.00414. The number of allylic oxidation sites excluding steroid dienone is 19. The molecule has 1 unspecified atom stereocenters. The fourth-order valence-corrected chi connectivity index (χ4v) is 5.92. The van der Waals surface area contributed by atoms with Gasteiger partial charge in [-0.1, -0.05) is 135 Å². The monoisotopic (exact) mass is 570 g/mol. The van der Waals surface area contributed by atoms with Crippen LogP contribution in [0.2, 0.25) is 0 Å². The van der Waals surface area contributed by atoms with E-state index in [0.29, 0.717) is 12.8 Å². The zero-order valence-corrected chi connectivity index (χ0v) is 27.4. The molecule has 2 aliphatic rings. The lowest BCUT2D eigenvalue weighted by molar-refractivity contribution is -0.124. The molecule has 2 rings (SSSR count). The van der Waals surface area contributed by atoms with Crippen LogP contribution in [0.25, 0.3) is 0 Å². The second-order valence-corrected chi connectivity index (χ2v) is 13.3. The van der Waals surface area contributed by atoms with Crippen LogP contribution in [0, 0.1) is 16.7 Å². The number of carbonyl (C=O) groups is 1. The number of ketones is 1. The van der Waals surface area contributed by atoms with Crippen LogP contribution in [0.5, 0.6) is 0 Å². The molecule has 0 aliphatic heterocycles. The molecule has 1 saturated carbocycles. The maximum Gasteiger partial charge on any atom is 0.161 e. The molecule has 3 nitrogen and oxygen atoms in total. The van der Waals surface area contributed by atoms with Crippen molar-refractivity contribution in [3.05, 3.63) is 119 Å². The van der Waals surface area contributed by atoms with Gasteiger partial charge in [0.15, 0.2) is 5.78 Å². The molecule has 2 N–H and O–H groups in total. The molecule has 1 fully saturated rings. The van der Waals surface area contributed by atoms with Crippen LogP contribution < -0.4 is 0 Å². The van der Waals surface area contributed by atoms with Crippen LogP contribution in [-0.2, 0) is 4.79 Å². The number of hydrogen-bond acceptors (Lipinski definition) is 3. The summed E-state index contributed by atoms with van der Waals surface area (Å²) >= 11 is 0. The quantitative estimate of drug-likeness (QED) is 0.192. The third-order valence-electron chi connectivity index (χ3n) is 8.69. The first-order valence-electron chi connectivity index (χ1n) is 15.3. The summed E-state index contributed by atoms with van der Waals surface area (Å²) < 4.78 is 0. The van der Waals surface area contributed by atoms with Gasteiger partial charge in [-0.25, -0.2) is 0 Å². The molecule has 42 heavy (non-hydrogen) atoms. The molecule has 0 radical (unpaired) electrons. The van der Waals surface area contributed by atoms with Gasteiger partial charge in [-0.05, 0) is 83.3 Å². The molecule has 3 heteroatoms. The standard InChI is InChI=1S/C39H54O3/c1-28(16-12-18-30(3)20-22-36-32(5)24-34(40)26-38(36,7)8)14-10-11-15-29(2)17-13-19-31(4)21-23-37(42)39(9)27-35(41)25-33(39)6/h10-23,33-35,40-41H,24-27H2,1-9H3/b11-10+,16-12+,17-13+,22-20+,23-21+,28-14+,29-15+,30-18+,31-19+/t33-,34-,35+,39?/m1/s1. The molecule has 0 aromatic heterocycles. The van der Waals surface area contributed by atoms with Gasteiger partial charge in [0.1, 0.15) is 0 Å². The van der Waals surface area contributed by atoms with E-state index in [4.69, 9.17) is 0 Å². The number of rotatable bonds is 11. The number of hydrogen-bond donors (Lipinski definition) is 2. The maximum absolute atomic E-state index is 12.7. The second kappa shape index (κ2) is 16.0. The summed E-state index contributed by atoms with van der Waals surface area (Å²) in [5.41, 5.74) is 6.63. The molecule has 0 amide bonds. The summed E-state index contributed by atoms with van der Waals surface area (Å²) in [6.07, 6.45) is 30.7. The van der Waals surface area contributed by atoms with Crippen LogP contribution >= 0.6 is 0 Å². The SMILES string of the molecule is CC1=C(/C=C/C(C)=C/C=C/C(C)=C/C=C/C=C(C)/C=C/C=C(C)/C=C/C(=O)C2(C)C[C@@H](O)C[C@H]2C)C(C)(C)C[C@H](O)C1. The molecule has 0 saturated heterocycles. The summed E-state index contributed by atoms with van der Waals surface area (Å²) in [6, 6.07) is 0. The van der Waals surface area contributed by atoms with Crippen molar-refractivity contribution >= 4 is 5.78 Å². The lowest BCUT2D eigenvalue weighted by Crippen LogP contribution is -2.29. The maximum atomic E-state index is 12.7. The van der Waals surface area contributed by atoms with Gasteiger partial charge < -0.3 is 10.2 Å². The molecular weight excluding hydrogens is 516 g/mol. The van der Waals surface area contributed by atoms with Crippen molar-refractivity contribution in [2.45, 2.75) is 100 Å². The third-order valence-corrected chi connectivity index (χ3v) is 8.69. The average Bonchev–Trinajstić information content (AvgIpc) is 3.15. The molecule has 0 aromatic carbocycles. The van der Waals surface area contributed by atoms with E-state index in [0.717, 1.165) is 29.6 Å². The van der Waals surface area contributed by atoms with Gasteiger partial charge in [0.2, 0.25) is 0 Å². The van der Waals surface area contributed by atoms with Crippen molar-refractivity contribution in [1.82, 2.24) is 0 Å². The minimum atomic E-state index is -0.469. The smallest absolute Gasteiger partial charge is 0.161 e. The lowest BCUT2D eigenvalue weighted by Gasteiger charge is -2.35. The van der Waals surface area contributed by atoms with Crippen LogP contribution in [-0.4, -0.2) is 28.2 Å². The largest absolute Gasteiger partial charge is 0.393 e. The Labute approximate surface area is 255 Å². The topological polar surface area (TPSA) is 57.5 Å². The number of aliphatic hydroxyl groups is 2. The molecule has 2 aliphatic carbocycles. The fourth-order valence-electron chi connectivity index (χ4n) is 5.92. The van der Waals surface area contributed by atoms with Crippen LogP contribution in [0.1, 0.15) is 88.0 Å². The molecule has 228 valence electrons. The van der Waals surface area contributed by atoms with Gasteiger partial charge in [-0.3, -0.25) is 4.79 Å². The number of carbonyl (C=O) groups excluding carboxylic acids is 1. The number of aliphatic hydroxyl groups excluding tert-OH is 2. The van der Waals surface area contributed by atoms with Crippen molar-refractivity contribution in [2.75, 3.05) is 0 Å². The zero-order chi connectivity index (χ0) is 31.5. The Morgan fingerprint density at radius 2 is 1.21 bits per heavy atom. The van der Waals surface area contributed by atoms with E-state index < -0.39 is 5.41 Å². The highest BCUT2D eigenvalue weighted by Gasteiger charge is 2.45. The Morgan fingerprint density at radius 3 is 1.71 bits per heavy atom. The normalized spacial score (nSPS) is 28.6. The first kappa shape index (κ1) is 35.2. The first-order chi connectivity index (χ1) is 19.6. The molecule has 0 bridgehead atoms. The van der Waals surface area contributed by atoms with Crippen molar-refractivity contribution in [3.63, 3.8) is 0 Å². The van der Waals surface area contributed by atoms with E-state index >= 15 is 0 Å². The predicted molar refractivity (Wildman–Crippen MR) is 180 cm³/mol. The Kier molecular flexibility index (Phi) is 13.4. The Hall–Kier alpha value is -3.01. The summed E-state index contributed by atoms with van der Waals surface area (Å²) in [5, 5.41) is 20.0. The minimum Gasteiger partial charge on any atom is -0.393 e. The van der Waals surface area contributed by atoms with E-state index in [2.05, 4.69) is 91.0 Å². The van der Waals surface area contributed by atoms with Gasteiger partial charge in [0.05, 0.1) is 12.2 Å². The van der Waals surface area contributed by atoms with E-state index in [1.54, 1.807) is 6.08 Å². The van der Waals surface area contributed by atoms with Crippen molar-refractivity contribution < 1.29 is 15.0 Å². The van der Waals surface area contributed by atoms with E-state index in [1.165, 1.54) is 16.7 Å². The highest BCUT2D eigenvalue weighted by molar-refractivity contribution is 5.95. The summed E-state index contributed by atoms with van der Waals surface area (Å²) in [4.78, 5) is 12.7. The Bertz CT molecular complexity index is 1270. The third kappa shape index (κ3) is 11.0. The van der Waals surface area contributed by atoms with Gasteiger partial charge in [0.25, 0.3) is 0 Å². The molecule has 0 spiro atoms. The van der Waals surface area contributed by atoms with Gasteiger partial charge in [-0.2, -0.15) is 0 Å². The van der Waals surface area contributed by atoms with Gasteiger partial charge >= 0.3 is 0 Å². The highest BCUT2D eigenvalue weighted by Crippen LogP contribution is 2.44. The molecule has 0 heterocycles. The molecular formula is C39H54O3. The summed E-state index contributed by atoms with van der Waals surface area (Å²) in [6.45, 7) is 18.8. The molecule has 4 atom stereocenters. The Balaban J connectivity index is 1.87. The van der Waals surface area contributed by atoms with E-state index in [-0.39, 0.29) is 29.3 Å². The fraction of sp³-hybridized carbons (Fsp3) is 0.462.